The first kappa shape index (κ1) is 14.3. The average molecular weight is 294 g/mol. The number of para-hydroxylation sites is 1. The van der Waals surface area contributed by atoms with E-state index in [-0.39, 0.29) is 17.7 Å². The molecule has 2 N–H and O–H groups in total. The Labute approximate surface area is 129 Å². The SMILES string of the molecule is O=C(Nc1ccccc1)c1ccc(CNC(=O)C2CC2)cc1. The third-order valence-electron chi connectivity index (χ3n) is 3.66. The molecule has 1 aliphatic rings. The second-order valence-electron chi connectivity index (χ2n) is 5.51. The van der Waals surface area contributed by atoms with E-state index < -0.39 is 0 Å². The maximum Gasteiger partial charge on any atom is 0.255 e. The van der Waals surface area contributed by atoms with Crippen molar-refractivity contribution in [2.75, 3.05) is 5.32 Å². The summed E-state index contributed by atoms with van der Waals surface area (Å²) in [4.78, 5) is 23.7. The van der Waals surface area contributed by atoms with E-state index in [1.54, 1.807) is 12.1 Å². The van der Waals surface area contributed by atoms with Crippen LogP contribution in [0.2, 0.25) is 0 Å². The molecule has 0 heterocycles. The van der Waals surface area contributed by atoms with Crippen LogP contribution in [0.1, 0.15) is 28.8 Å². The summed E-state index contributed by atoms with van der Waals surface area (Å²) in [6.45, 7) is 0.510. The highest BCUT2D eigenvalue weighted by atomic mass is 16.2. The van der Waals surface area contributed by atoms with Gasteiger partial charge in [0.1, 0.15) is 0 Å². The molecule has 2 amide bonds. The number of anilines is 1. The number of hydrogen-bond acceptors (Lipinski definition) is 2. The molecule has 4 nitrogen and oxygen atoms in total. The summed E-state index contributed by atoms with van der Waals surface area (Å²) in [6, 6.07) is 16.6. The van der Waals surface area contributed by atoms with Gasteiger partial charge in [-0.05, 0) is 42.7 Å². The fourth-order valence-electron chi connectivity index (χ4n) is 2.18. The van der Waals surface area contributed by atoms with Gasteiger partial charge in [-0.15, -0.1) is 0 Å². The van der Waals surface area contributed by atoms with Gasteiger partial charge in [-0.25, -0.2) is 0 Å². The summed E-state index contributed by atoms with van der Waals surface area (Å²) in [5.41, 5.74) is 2.36. The van der Waals surface area contributed by atoms with E-state index in [1.807, 2.05) is 42.5 Å². The second-order valence-corrected chi connectivity index (χ2v) is 5.51. The molecule has 0 spiro atoms. The number of carbonyl (C=O) groups is 2. The summed E-state index contributed by atoms with van der Waals surface area (Å²) in [6.07, 6.45) is 2.01. The molecule has 0 saturated heterocycles. The Bertz CT molecular complexity index is 661. The number of carbonyl (C=O) groups excluding carboxylic acids is 2. The molecule has 0 aromatic heterocycles. The Morgan fingerprint density at radius 2 is 1.64 bits per heavy atom. The lowest BCUT2D eigenvalue weighted by Gasteiger charge is -2.07. The minimum absolute atomic E-state index is 0.130. The summed E-state index contributed by atoms with van der Waals surface area (Å²) in [5, 5.41) is 5.75. The molecular formula is C18H18N2O2. The molecule has 1 saturated carbocycles. The standard InChI is InChI=1S/C18H18N2O2/c21-17(14-10-11-14)19-12-13-6-8-15(9-7-13)18(22)20-16-4-2-1-3-5-16/h1-9,14H,10-12H2,(H,19,21)(H,20,22). The number of benzene rings is 2. The van der Waals surface area contributed by atoms with Gasteiger partial charge in [0.25, 0.3) is 5.91 Å². The molecule has 2 aromatic carbocycles. The summed E-state index contributed by atoms with van der Waals surface area (Å²) in [7, 11) is 0. The first-order chi connectivity index (χ1) is 10.7. The first-order valence-electron chi connectivity index (χ1n) is 7.45. The second kappa shape index (κ2) is 6.43. The van der Waals surface area contributed by atoms with Gasteiger partial charge in [0.15, 0.2) is 0 Å². The number of hydrogen-bond donors (Lipinski definition) is 2. The zero-order valence-electron chi connectivity index (χ0n) is 12.2. The lowest BCUT2D eigenvalue weighted by atomic mass is 10.1. The normalized spacial score (nSPS) is 13.5. The lowest BCUT2D eigenvalue weighted by Crippen LogP contribution is -2.24. The van der Waals surface area contributed by atoms with Gasteiger partial charge < -0.3 is 10.6 Å². The van der Waals surface area contributed by atoms with Gasteiger partial charge in [0, 0.05) is 23.7 Å². The van der Waals surface area contributed by atoms with Crippen molar-refractivity contribution in [2.45, 2.75) is 19.4 Å². The smallest absolute Gasteiger partial charge is 0.255 e. The van der Waals surface area contributed by atoms with Crippen LogP contribution in [0.3, 0.4) is 0 Å². The average Bonchev–Trinajstić information content (AvgIpc) is 3.39. The van der Waals surface area contributed by atoms with Crippen LogP contribution in [0, 0.1) is 5.92 Å². The Morgan fingerprint density at radius 3 is 2.27 bits per heavy atom. The zero-order chi connectivity index (χ0) is 15.4. The highest BCUT2D eigenvalue weighted by Crippen LogP contribution is 2.28. The molecule has 2 aromatic rings. The zero-order valence-corrected chi connectivity index (χ0v) is 12.2. The van der Waals surface area contributed by atoms with Crippen LogP contribution in [-0.2, 0) is 11.3 Å². The van der Waals surface area contributed by atoms with E-state index in [2.05, 4.69) is 10.6 Å². The minimum Gasteiger partial charge on any atom is -0.352 e. The maximum atomic E-state index is 12.1. The minimum atomic E-state index is -0.139. The molecule has 22 heavy (non-hydrogen) atoms. The van der Waals surface area contributed by atoms with Gasteiger partial charge >= 0.3 is 0 Å². The summed E-state index contributed by atoms with van der Waals surface area (Å²) >= 11 is 0. The largest absolute Gasteiger partial charge is 0.352 e. The number of amides is 2. The monoisotopic (exact) mass is 294 g/mol. The molecule has 4 heteroatoms. The van der Waals surface area contributed by atoms with Crippen molar-refractivity contribution in [3.63, 3.8) is 0 Å². The van der Waals surface area contributed by atoms with E-state index in [0.717, 1.165) is 24.1 Å². The van der Waals surface area contributed by atoms with Crippen LogP contribution in [0.15, 0.2) is 54.6 Å². The van der Waals surface area contributed by atoms with Crippen molar-refractivity contribution < 1.29 is 9.59 Å². The molecule has 0 bridgehead atoms. The van der Waals surface area contributed by atoms with Crippen molar-refractivity contribution in [1.82, 2.24) is 5.32 Å². The molecular weight excluding hydrogens is 276 g/mol. The first-order valence-corrected chi connectivity index (χ1v) is 7.45. The maximum absolute atomic E-state index is 12.1. The van der Waals surface area contributed by atoms with E-state index >= 15 is 0 Å². The van der Waals surface area contributed by atoms with E-state index in [4.69, 9.17) is 0 Å². The van der Waals surface area contributed by atoms with Crippen LogP contribution in [-0.4, -0.2) is 11.8 Å². The van der Waals surface area contributed by atoms with Crippen molar-refractivity contribution in [3.8, 4) is 0 Å². The number of nitrogens with one attached hydrogen (secondary N) is 2. The lowest BCUT2D eigenvalue weighted by molar-refractivity contribution is -0.122. The van der Waals surface area contributed by atoms with E-state index in [9.17, 15) is 9.59 Å². The van der Waals surface area contributed by atoms with Crippen LogP contribution < -0.4 is 10.6 Å². The molecule has 0 unspecified atom stereocenters. The van der Waals surface area contributed by atoms with Crippen molar-refractivity contribution in [2.24, 2.45) is 5.92 Å². The topological polar surface area (TPSA) is 58.2 Å². The van der Waals surface area contributed by atoms with E-state index in [1.165, 1.54) is 0 Å². The van der Waals surface area contributed by atoms with Gasteiger partial charge in [-0.2, -0.15) is 0 Å². The van der Waals surface area contributed by atoms with Crippen molar-refractivity contribution in [1.29, 1.82) is 0 Å². The predicted molar refractivity (Wildman–Crippen MR) is 85.4 cm³/mol. The van der Waals surface area contributed by atoms with Gasteiger partial charge in [0.05, 0.1) is 0 Å². The molecule has 1 aliphatic carbocycles. The molecule has 3 rings (SSSR count). The number of rotatable bonds is 5. The molecule has 0 aliphatic heterocycles. The van der Waals surface area contributed by atoms with Crippen LogP contribution >= 0.6 is 0 Å². The van der Waals surface area contributed by atoms with Crippen LogP contribution in [0.25, 0.3) is 0 Å². The summed E-state index contributed by atoms with van der Waals surface area (Å²) < 4.78 is 0. The highest BCUT2D eigenvalue weighted by Gasteiger charge is 2.29. The predicted octanol–water partition coefficient (Wildman–Crippen LogP) is 2.97. The highest BCUT2D eigenvalue weighted by molar-refractivity contribution is 6.04. The fraction of sp³-hybridized carbons (Fsp3) is 0.222. The van der Waals surface area contributed by atoms with Crippen LogP contribution in [0.5, 0.6) is 0 Å². The van der Waals surface area contributed by atoms with E-state index in [0.29, 0.717) is 12.1 Å². The van der Waals surface area contributed by atoms with Crippen molar-refractivity contribution >= 4 is 17.5 Å². The third-order valence-corrected chi connectivity index (χ3v) is 3.66. The molecule has 0 atom stereocenters. The Morgan fingerprint density at radius 1 is 0.955 bits per heavy atom. The summed E-state index contributed by atoms with van der Waals surface area (Å²) in [5.74, 6) is 0.210. The third kappa shape index (κ3) is 3.73. The molecule has 1 fully saturated rings. The fourth-order valence-corrected chi connectivity index (χ4v) is 2.18. The molecule has 0 radical (unpaired) electrons. The van der Waals surface area contributed by atoms with Gasteiger partial charge in [-0.3, -0.25) is 9.59 Å². The quantitative estimate of drug-likeness (QED) is 0.890. The Balaban J connectivity index is 1.56. The van der Waals surface area contributed by atoms with Crippen LogP contribution in [0.4, 0.5) is 5.69 Å². The van der Waals surface area contributed by atoms with Crippen molar-refractivity contribution in [3.05, 3.63) is 65.7 Å². The Kier molecular flexibility index (Phi) is 4.19. The Hall–Kier alpha value is -2.62. The molecule has 112 valence electrons. The van der Waals surface area contributed by atoms with Gasteiger partial charge in [0.2, 0.25) is 5.91 Å². The van der Waals surface area contributed by atoms with Gasteiger partial charge in [-0.1, -0.05) is 30.3 Å².